The van der Waals surface area contributed by atoms with Crippen LogP contribution in [0.4, 0.5) is 0 Å². The predicted molar refractivity (Wildman–Crippen MR) is 117 cm³/mol. The molecular weight excluding hydrogens is 378 g/mol. The summed E-state index contributed by atoms with van der Waals surface area (Å²) >= 11 is 0. The highest BCUT2D eigenvalue weighted by Gasteiger charge is 2.12. The van der Waals surface area contributed by atoms with E-state index in [4.69, 9.17) is 14.2 Å². The third kappa shape index (κ3) is 5.32. The number of amides is 1. The summed E-state index contributed by atoms with van der Waals surface area (Å²) in [5.74, 6) is 2.05. The Morgan fingerprint density at radius 2 is 1.50 bits per heavy atom. The smallest absolute Gasteiger partial charge is 0.251 e. The van der Waals surface area contributed by atoms with Gasteiger partial charge in [-0.25, -0.2) is 0 Å². The maximum absolute atomic E-state index is 12.7. The molecule has 0 atom stereocenters. The number of carbonyl (C=O) groups excluding carboxylic acids is 1. The Morgan fingerprint density at radius 3 is 2.20 bits per heavy atom. The zero-order valence-electron chi connectivity index (χ0n) is 17.8. The first-order valence-electron chi connectivity index (χ1n) is 9.78. The fourth-order valence-corrected chi connectivity index (χ4v) is 3.34. The molecule has 5 heteroatoms. The summed E-state index contributed by atoms with van der Waals surface area (Å²) in [6.07, 6.45) is 0. The van der Waals surface area contributed by atoms with E-state index in [1.807, 2.05) is 50.2 Å². The summed E-state index contributed by atoms with van der Waals surface area (Å²) in [6, 6.07) is 19.0. The topological polar surface area (TPSA) is 56.8 Å². The number of rotatable bonds is 8. The van der Waals surface area contributed by atoms with Gasteiger partial charge < -0.3 is 19.5 Å². The Morgan fingerprint density at radius 1 is 0.833 bits per heavy atom. The number of para-hydroxylation sites is 1. The second-order valence-corrected chi connectivity index (χ2v) is 7.13. The standard InChI is InChI=1S/C25H27NO4/c1-17-11-18(2)13-22(12-17)30-16-21-14-19(9-10-24(21)29-4)25(27)26-15-20-7-5-6-8-23(20)28-3/h5-14H,15-16H2,1-4H3,(H,26,27). The molecule has 0 aliphatic rings. The van der Waals surface area contributed by atoms with Crippen LogP contribution in [-0.4, -0.2) is 20.1 Å². The first kappa shape index (κ1) is 21.2. The Balaban J connectivity index is 1.72. The number of nitrogens with one attached hydrogen (secondary N) is 1. The normalized spacial score (nSPS) is 10.4. The maximum Gasteiger partial charge on any atom is 0.251 e. The van der Waals surface area contributed by atoms with Crippen LogP contribution in [0.3, 0.4) is 0 Å². The van der Waals surface area contributed by atoms with Gasteiger partial charge in [0, 0.05) is 23.2 Å². The van der Waals surface area contributed by atoms with Gasteiger partial charge in [0.05, 0.1) is 14.2 Å². The van der Waals surface area contributed by atoms with Crippen molar-refractivity contribution in [1.29, 1.82) is 0 Å². The van der Waals surface area contributed by atoms with E-state index in [-0.39, 0.29) is 5.91 Å². The molecule has 0 unspecified atom stereocenters. The van der Waals surface area contributed by atoms with Crippen molar-refractivity contribution in [3.8, 4) is 17.2 Å². The molecule has 0 aromatic heterocycles. The number of ether oxygens (including phenoxy) is 3. The van der Waals surface area contributed by atoms with Crippen molar-refractivity contribution in [1.82, 2.24) is 5.32 Å². The molecule has 0 aliphatic carbocycles. The van der Waals surface area contributed by atoms with E-state index in [0.717, 1.165) is 33.8 Å². The third-order valence-electron chi connectivity index (χ3n) is 4.76. The molecule has 3 aromatic carbocycles. The zero-order chi connectivity index (χ0) is 21.5. The highest BCUT2D eigenvalue weighted by molar-refractivity contribution is 5.94. The fraction of sp³-hybridized carbons (Fsp3) is 0.240. The molecule has 3 aromatic rings. The Bertz CT molecular complexity index is 1010. The van der Waals surface area contributed by atoms with Crippen LogP contribution >= 0.6 is 0 Å². The summed E-state index contributed by atoms with van der Waals surface area (Å²) in [6.45, 7) is 4.75. The third-order valence-corrected chi connectivity index (χ3v) is 4.76. The second-order valence-electron chi connectivity index (χ2n) is 7.13. The Labute approximate surface area is 177 Å². The van der Waals surface area contributed by atoms with Crippen LogP contribution in [0.1, 0.15) is 32.6 Å². The van der Waals surface area contributed by atoms with Gasteiger partial charge in [0.2, 0.25) is 0 Å². The predicted octanol–water partition coefficient (Wildman–Crippen LogP) is 4.83. The Hall–Kier alpha value is -3.47. The van der Waals surface area contributed by atoms with Gasteiger partial charge in [-0.05, 0) is 61.4 Å². The van der Waals surface area contributed by atoms with Crippen LogP contribution in [0.25, 0.3) is 0 Å². The minimum absolute atomic E-state index is 0.170. The van der Waals surface area contributed by atoms with E-state index in [2.05, 4.69) is 11.4 Å². The number of benzene rings is 3. The quantitative estimate of drug-likeness (QED) is 0.583. The van der Waals surface area contributed by atoms with Gasteiger partial charge in [0.15, 0.2) is 0 Å². The molecule has 1 amide bonds. The van der Waals surface area contributed by atoms with Crippen LogP contribution in [0.5, 0.6) is 17.2 Å². The first-order chi connectivity index (χ1) is 14.5. The number of aryl methyl sites for hydroxylation is 2. The minimum Gasteiger partial charge on any atom is -0.496 e. The van der Waals surface area contributed by atoms with Gasteiger partial charge in [0.25, 0.3) is 5.91 Å². The van der Waals surface area contributed by atoms with E-state index in [1.165, 1.54) is 0 Å². The van der Waals surface area contributed by atoms with Crippen LogP contribution in [0, 0.1) is 13.8 Å². The van der Waals surface area contributed by atoms with Gasteiger partial charge in [0.1, 0.15) is 23.9 Å². The Kier molecular flexibility index (Phi) is 6.96. The largest absolute Gasteiger partial charge is 0.496 e. The van der Waals surface area contributed by atoms with Crippen molar-refractivity contribution in [2.24, 2.45) is 0 Å². The number of hydrogen-bond donors (Lipinski definition) is 1. The number of methoxy groups -OCH3 is 2. The van der Waals surface area contributed by atoms with E-state index < -0.39 is 0 Å². The monoisotopic (exact) mass is 405 g/mol. The van der Waals surface area contributed by atoms with E-state index in [1.54, 1.807) is 32.4 Å². The molecule has 0 aliphatic heterocycles. The fourth-order valence-electron chi connectivity index (χ4n) is 3.34. The van der Waals surface area contributed by atoms with Gasteiger partial charge >= 0.3 is 0 Å². The van der Waals surface area contributed by atoms with Gasteiger partial charge in [-0.15, -0.1) is 0 Å². The molecule has 0 spiro atoms. The zero-order valence-corrected chi connectivity index (χ0v) is 17.8. The average Bonchev–Trinajstić information content (AvgIpc) is 2.75. The molecule has 0 bridgehead atoms. The summed E-state index contributed by atoms with van der Waals surface area (Å²) in [7, 11) is 3.23. The van der Waals surface area contributed by atoms with E-state index in [0.29, 0.717) is 24.5 Å². The van der Waals surface area contributed by atoms with Crippen LogP contribution in [0.15, 0.2) is 60.7 Å². The molecule has 30 heavy (non-hydrogen) atoms. The van der Waals surface area contributed by atoms with Gasteiger partial charge in [-0.3, -0.25) is 4.79 Å². The maximum atomic E-state index is 12.7. The van der Waals surface area contributed by atoms with Crippen LogP contribution in [0.2, 0.25) is 0 Å². The lowest BCUT2D eigenvalue weighted by molar-refractivity contribution is 0.0950. The highest BCUT2D eigenvalue weighted by atomic mass is 16.5. The molecule has 0 fully saturated rings. The lowest BCUT2D eigenvalue weighted by Crippen LogP contribution is -2.23. The van der Waals surface area contributed by atoms with Crippen molar-refractivity contribution >= 4 is 5.91 Å². The molecule has 1 N–H and O–H groups in total. The summed E-state index contributed by atoms with van der Waals surface area (Å²) < 4.78 is 16.7. The molecule has 0 saturated carbocycles. The molecule has 0 saturated heterocycles. The summed E-state index contributed by atoms with van der Waals surface area (Å²) in [5.41, 5.74) is 4.55. The highest BCUT2D eigenvalue weighted by Crippen LogP contribution is 2.24. The van der Waals surface area contributed by atoms with Crippen molar-refractivity contribution in [3.05, 3.63) is 88.5 Å². The van der Waals surface area contributed by atoms with Crippen LogP contribution < -0.4 is 19.5 Å². The summed E-state index contributed by atoms with van der Waals surface area (Å²) in [5, 5.41) is 2.94. The lowest BCUT2D eigenvalue weighted by atomic mass is 10.1. The molecule has 5 nitrogen and oxygen atoms in total. The SMILES string of the molecule is COc1ccccc1CNC(=O)c1ccc(OC)c(COc2cc(C)cc(C)c2)c1. The number of carbonyl (C=O) groups is 1. The van der Waals surface area contributed by atoms with Crippen molar-refractivity contribution < 1.29 is 19.0 Å². The van der Waals surface area contributed by atoms with E-state index in [9.17, 15) is 4.79 Å². The second kappa shape index (κ2) is 9.83. The van der Waals surface area contributed by atoms with Gasteiger partial charge in [-0.2, -0.15) is 0 Å². The molecule has 0 radical (unpaired) electrons. The average molecular weight is 405 g/mol. The van der Waals surface area contributed by atoms with Gasteiger partial charge in [-0.1, -0.05) is 24.3 Å². The van der Waals surface area contributed by atoms with E-state index >= 15 is 0 Å². The lowest BCUT2D eigenvalue weighted by Gasteiger charge is -2.14. The van der Waals surface area contributed by atoms with Crippen LogP contribution in [-0.2, 0) is 13.2 Å². The number of hydrogen-bond acceptors (Lipinski definition) is 4. The first-order valence-corrected chi connectivity index (χ1v) is 9.78. The van der Waals surface area contributed by atoms with Crippen molar-refractivity contribution in [2.45, 2.75) is 27.0 Å². The van der Waals surface area contributed by atoms with Crippen molar-refractivity contribution in [2.75, 3.05) is 14.2 Å². The molecular formula is C25H27NO4. The molecule has 0 heterocycles. The van der Waals surface area contributed by atoms with Crippen molar-refractivity contribution in [3.63, 3.8) is 0 Å². The molecule has 156 valence electrons. The molecule has 3 rings (SSSR count). The summed E-state index contributed by atoms with van der Waals surface area (Å²) in [4.78, 5) is 12.7. The minimum atomic E-state index is -0.170.